The molecule has 0 unspecified atom stereocenters. The Balaban J connectivity index is 0.000001000. The van der Waals surface area contributed by atoms with Crippen LogP contribution in [0.25, 0.3) is 0 Å². The number of aromatic nitrogens is 1. The lowest BCUT2D eigenvalue weighted by Gasteiger charge is -1.95. The average molecular weight is 218 g/mol. The summed E-state index contributed by atoms with van der Waals surface area (Å²) in [5, 5.41) is 0. The fraction of sp³-hybridized carbons (Fsp3) is 0.375. The van der Waals surface area contributed by atoms with Gasteiger partial charge in [0.05, 0.1) is 7.11 Å². The van der Waals surface area contributed by atoms with Crippen LogP contribution in [0.1, 0.15) is 6.92 Å². The number of rotatable bonds is 2. The summed E-state index contributed by atoms with van der Waals surface area (Å²) in [6.07, 6.45) is 3.99. The zero-order valence-electron chi connectivity index (χ0n) is 6.75. The molecule has 1 aromatic rings. The summed E-state index contributed by atoms with van der Waals surface area (Å²) in [5.41, 5.74) is 0. The molecule has 1 rings (SSSR count). The molecule has 0 aliphatic rings. The van der Waals surface area contributed by atoms with Crippen molar-refractivity contribution >= 4 is 0 Å². The quantitative estimate of drug-likeness (QED) is 0.524. The maximum Gasteiger partial charge on any atom is 0.211 e. The van der Waals surface area contributed by atoms with Crippen LogP contribution in [0, 0.1) is 0 Å². The van der Waals surface area contributed by atoms with Crippen molar-refractivity contribution in [3.63, 3.8) is 0 Å². The lowest BCUT2D eigenvalue weighted by atomic mass is 10.4. The Labute approximate surface area is 77.6 Å². The van der Waals surface area contributed by atoms with Gasteiger partial charge in [-0.2, -0.15) is 0 Å². The van der Waals surface area contributed by atoms with E-state index in [1.807, 2.05) is 24.5 Å². The zero-order chi connectivity index (χ0) is 7.40. The molecule has 0 saturated carbocycles. The highest BCUT2D eigenvalue weighted by molar-refractivity contribution is 5.11. The maximum atomic E-state index is 5.04. The summed E-state index contributed by atoms with van der Waals surface area (Å²) in [5.74, 6) is 0.907. The molecular weight excluding hydrogens is 206 g/mol. The third kappa shape index (κ3) is 2.89. The Morgan fingerprint density at radius 1 is 1.55 bits per heavy atom. The summed E-state index contributed by atoms with van der Waals surface area (Å²) in [7, 11) is 1.68. The van der Waals surface area contributed by atoms with Crippen molar-refractivity contribution in [3.8, 4) is 5.75 Å². The highest BCUT2D eigenvalue weighted by atomic mass is 79.9. The first kappa shape index (κ1) is 10.4. The zero-order valence-corrected chi connectivity index (χ0v) is 8.34. The fourth-order valence-electron chi connectivity index (χ4n) is 0.815. The lowest BCUT2D eigenvalue weighted by Crippen LogP contribution is -3.00. The van der Waals surface area contributed by atoms with Crippen LogP contribution in [0.3, 0.4) is 0 Å². The van der Waals surface area contributed by atoms with Gasteiger partial charge in [0.25, 0.3) is 0 Å². The van der Waals surface area contributed by atoms with Crippen LogP contribution < -0.4 is 26.3 Å². The molecule has 0 fully saturated rings. The third-order valence-corrected chi connectivity index (χ3v) is 1.43. The first-order chi connectivity index (χ1) is 4.86. The molecule has 62 valence electrons. The van der Waals surface area contributed by atoms with E-state index in [1.54, 1.807) is 7.11 Å². The van der Waals surface area contributed by atoms with Crippen molar-refractivity contribution in [2.75, 3.05) is 7.11 Å². The molecule has 0 amide bonds. The third-order valence-electron chi connectivity index (χ3n) is 1.43. The van der Waals surface area contributed by atoms with E-state index in [0.29, 0.717) is 0 Å². The molecule has 0 aromatic carbocycles. The van der Waals surface area contributed by atoms with E-state index in [4.69, 9.17) is 4.74 Å². The number of methoxy groups -OCH3 is 1. The summed E-state index contributed by atoms with van der Waals surface area (Å²) in [6, 6.07) is 3.91. The highest BCUT2D eigenvalue weighted by Crippen LogP contribution is 2.02. The van der Waals surface area contributed by atoms with E-state index in [2.05, 4.69) is 11.5 Å². The van der Waals surface area contributed by atoms with Gasteiger partial charge in [0, 0.05) is 6.07 Å². The fourth-order valence-corrected chi connectivity index (χ4v) is 0.815. The van der Waals surface area contributed by atoms with Gasteiger partial charge in [-0.25, -0.2) is 4.57 Å². The molecule has 2 nitrogen and oxygen atoms in total. The minimum absolute atomic E-state index is 0. The normalized spacial score (nSPS) is 8.55. The molecule has 0 bridgehead atoms. The van der Waals surface area contributed by atoms with Gasteiger partial charge in [0.15, 0.2) is 11.9 Å². The highest BCUT2D eigenvalue weighted by Gasteiger charge is 1.96. The van der Waals surface area contributed by atoms with E-state index in [9.17, 15) is 0 Å². The second kappa shape index (κ2) is 5.13. The maximum absolute atomic E-state index is 5.04. The smallest absolute Gasteiger partial charge is 0.211 e. The second-order valence-electron chi connectivity index (χ2n) is 2.07. The standard InChI is InChI=1S/C8H12NO.BrH/c1-3-9-6-4-5-8(7-9)10-2;/h4-7H,3H2,1-2H3;1H/q+1;/p-1. The van der Waals surface area contributed by atoms with E-state index in [1.165, 1.54) is 0 Å². The summed E-state index contributed by atoms with van der Waals surface area (Å²) in [6.45, 7) is 3.08. The van der Waals surface area contributed by atoms with Crippen LogP contribution in [-0.4, -0.2) is 7.11 Å². The molecule has 1 heterocycles. The van der Waals surface area contributed by atoms with Crippen molar-refractivity contribution in [3.05, 3.63) is 24.5 Å². The number of hydrogen-bond acceptors (Lipinski definition) is 1. The lowest BCUT2D eigenvalue weighted by molar-refractivity contribution is -0.693. The van der Waals surface area contributed by atoms with Crippen LogP contribution in [0.5, 0.6) is 5.75 Å². The molecule has 0 saturated heterocycles. The van der Waals surface area contributed by atoms with Crippen LogP contribution in [0.15, 0.2) is 24.5 Å². The Morgan fingerprint density at radius 3 is 2.82 bits per heavy atom. The Kier molecular flexibility index (Phi) is 4.86. The molecule has 11 heavy (non-hydrogen) atoms. The Bertz CT molecular complexity index is 196. The van der Waals surface area contributed by atoms with Gasteiger partial charge in [0.1, 0.15) is 6.54 Å². The van der Waals surface area contributed by atoms with Gasteiger partial charge in [-0.05, 0) is 13.0 Å². The number of pyridine rings is 1. The number of hydrogen-bond donors (Lipinski definition) is 0. The second-order valence-corrected chi connectivity index (χ2v) is 2.07. The number of aryl methyl sites for hydroxylation is 1. The van der Waals surface area contributed by atoms with Gasteiger partial charge in [0.2, 0.25) is 6.20 Å². The predicted octanol–water partition coefficient (Wildman–Crippen LogP) is -1.99. The molecule has 3 heteroatoms. The first-order valence-electron chi connectivity index (χ1n) is 3.40. The van der Waals surface area contributed by atoms with Crippen molar-refractivity contribution in [2.24, 2.45) is 0 Å². The number of nitrogens with zero attached hydrogens (tertiary/aromatic N) is 1. The van der Waals surface area contributed by atoms with E-state index >= 15 is 0 Å². The summed E-state index contributed by atoms with van der Waals surface area (Å²) < 4.78 is 7.10. The van der Waals surface area contributed by atoms with Crippen LogP contribution >= 0.6 is 0 Å². The predicted molar refractivity (Wildman–Crippen MR) is 38.9 cm³/mol. The monoisotopic (exact) mass is 217 g/mol. The molecular formula is C8H12BrNO. The summed E-state index contributed by atoms with van der Waals surface area (Å²) in [4.78, 5) is 0. The van der Waals surface area contributed by atoms with Crippen molar-refractivity contribution < 1.29 is 26.3 Å². The van der Waals surface area contributed by atoms with E-state index in [0.717, 1.165) is 12.3 Å². The van der Waals surface area contributed by atoms with E-state index in [-0.39, 0.29) is 17.0 Å². The largest absolute Gasteiger partial charge is 1.00 e. The topological polar surface area (TPSA) is 13.1 Å². The number of ether oxygens (including phenoxy) is 1. The van der Waals surface area contributed by atoms with Gasteiger partial charge < -0.3 is 21.7 Å². The van der Waals surface area contributed by atoms with Crippen molar-refractivity contribution in [2.45, 2.75) is 13.5 Å². The van der Waals surface area contributed by atoms with Crippen molar-refractivity contribution in [1.82, 2.24) is 0 Å². The van der Waals surface area contributed by atoms with Gasteiger partial charge in [-0.3, -0.25) is 0 Å². The molecule has 0 aliphatic heterocycles. The molecule has 0 atom stereocenters. The Morgan fingerprint density at radius 2 is 2.27 bits per heavy atom. The Hall–Kier alpha value is -0.570. The molecule has 1 aromatic heterocycles. The van der Waals surface area contributed by atoms with Gasteiger partial charge >= 0.3 is 0 Å². The van der Waals surface area contributed by atoms with Crippen molar-refractivity contribution in [1.29, 1.82) is 0 Å². The molecule has 0 aliphatic carbocycles. The molecule has 0 spiro atoms. The molecule has 0 radical (unpaired) electrons. The van der Waals surface area contributed by atoms with Gasteiger partial charge in [-0.1, -0.05) is 0 Å². The minimum atomic E-state index is 0. The van der Waals surface area contributed by atoms with Crippen LogP contribution in [0.2, 0.25) is 0 Å². The average Bonchev–Trinajstić information content (AvgIpc) is 2.05. The van der Waals surface area contributed by atoms with Crippen LogP contribution in [-0.2, 0) is 6.54 Å². The van der Waals surface area contributed by atoms with E-state index < -0.39 is 0 Å². The SMILES string of the molecule is CC[n+]1cccc(OC)c1.[Br-]. The van der Waals surface area contributed by atoms with Gasteiger partial charge in [-0.15, -0.1) is 0 Å². The number of halogens is 1. The minimum Gasteiger partial charge on any atom is -1.00 e. The van der Waals surface area contributed by atoms with Crippen LogP contribution in [0.4, 0.5) is 0 Å². The first-order valence-corrected chi connectivity index (χ1v) is 3.40. The summed E-state index contributed by atoms with van der Waals surface area (Å²) >= 11 is 0. The molecule has 0 N–H and O–H groups in total.